The molecule has 3 rings (SSSR count). The molecule has 2 fully saturated rings. The number of hydrogen-bond donors (Lipinski definition) is 2. The molecule has 20 heavy (non-hydrogen) atoms. The lowest BCUT2D eigenvalue weighted by molar-refractivity contribution is -0.137. The zero-order valence-electron chi connectivity index (χ0n) is 11.9. The highest BCUT2D eigenvalue weighted by atomic mass is 16.2. The second-order valence-electron chi connectivity index (χ2n) is 6.25. The predicted molar refractivity (Wildman–Crippen MR) is 77.1 cm³/mol. The van der Waals surface area contributed by atoms with Crippen molar-refractivity contribution in [1.82, 2.24) is 15.1 Å². The van der Waals surface area contributed by atoms with E-state index in [2.05, 4.69) is 15.1 Å². The summed E-state index contributed by atoms with van der Waals surface area (Å²) in [7, 11) is 0. The molecule has 1 aliphatic heterocycles. The molecule has 0 radical (unpaired) electrons. The van der Waals surface area contributed by atoms with Gasteiger partial charge in [-0.15, -0.1) is 0 Å². The van der Waals surface area contributed by atoms with Crippen LogP contribution in [-0.2, 0) is 4.79 Å². The molecule has 1 atom stereocenters. The summed E-state index contributed by atoms with van der Waals surface area (Å²) in [5, 5.41) is 7.07. The van der Waals surface area contributed by atoms with E-state index < -0.39 is 0 Å². The molecular formula is C15H24N4O. The number of carbonyl (C=O) groups is 1. The molecule has 2 heterocycles. The Hall–Kier alpha value is -1.36. The first-order chi connectivity index (χ1) is 9.74. The zero-order chi connectivity index (χ0) is 13.9. The molecule has 3 N–H and O–H groups in total. The molecule has 5 nitrogen and oxygen atoms in total. The summed E-state index contributed by atoms with van der Waals surface area (Å²) in [5.41, 5.74) is 7.09. The lowest BCUT2D eigenvalue weighted by Crippen LogP contribution is -2.44. The van der Waals surface area contributed by atoms with Gasteiger partial charge in [-0.05, 0) is 44.6 Å². The van der Waals surface area contributed by atoms with Gasteiger partial charge in [0, 0.05) is 42.9 Å². The van der Waals surface area contributed by atoms with Crippen LogP contribution in [0.15, 0.2) is 12.3 Å². The number of H-pyrrole nitrogens is 1. The van der Waals surface area contributed by atoms with Gasteiger partial charge in [-0.25, -0.2) is 0 Å². The van der Waals surface area contributed by atoms with Gasteiger partial charge in [0.1, 0.15) is 0 Å². The summed E-state index contributed by atoms with van der Waals surface area (Å²) < 4.78 is 0. The van der Waals surface area contributed by atoms with Crippen LogP contribution in [0.2, 0.25) is 0 Å². The molecular weight excluding hydrogens is 252 g/mol. The van der Waals surface area contributed by atoms with Crippen LogP contribution >= 0.6 is 0 Å². The fourth-order valence-electron chi connectivity index (χ4n) is 3.55. The molecule has 110 valence electrons. The molecule has 0 spiro atoms. The number of nitrogens with zero attached hydrogens (tertiary/aromatic N) is 2. The van der Waals surface area contributed by atoms with Crippen LogP contribution in [-0.4, -0.2) is 40.1 Å². The summed E-state index contributed by atoms with van der Waals surface area (Å²) in [4.78, 5) is 14.7. The Morgan fingerprint density at radius 1 is 1.30 bits per heavy atom. The van der Waals surface area contributed by atoms with Crippen LogP contribution in [0.4, 0.5) is 0 Å². The van der Waals surface area contributed by atoms with E-state index in [1.54, 1.807) is 6.20 Å². The Labute approximate surface area is 119 Å². The predicted octanol–water partition coefficient (Wildman–Crippen LogP) is 1.63. The standard InChI is InChI=1S/C15H24N4O/c16-13-5-3-11(4-6-13)15(20)19-9-1-2-12(10-19)14-7-8-17-18-14/h7-8,11-13H,1-6,9-10,16H2,(H,17,18). The fraction of sp³-hybridized carbons (Fsp3) is 0.733. The van der Waals surface area contributed by atoms with E-state index in [1.807, 2.05) is 6.07 Å². The van der Waals surface area contributed by atoms with Gasteiger partial charge in [0.15, 0.2) is 0 Å². The smallest absolute Gasteiger partial charge is 0.225 e. The van der Waals surface area contributed by atoms with E-state index >= 15 is 0 Å². The molecule has 1 unspecified atom stereocenters. The Morgan fingerprint density at radius 2 is 2.10 bits per heavy atom. The number of likely N-dealkylation sites (tertiary alicyclic amines) is 1. The minimum Gasteiger partial charge on any atom is -0.342 e. The second-order valence-corrected chi connectivity index (χ2v) is 6.25. The summed E-state index contributed by atoms with van der Waals surface area (Å²) in [6.45, 7) is 1.75. The minimum atomic E-state index is 0.204. The third kappa shape index (κ3) is 2.87. The van der Waals surface area contributed by atoms with Crippen LogP contribution < -0.4 is 5.73 Å². The van der Waals surface area contributed by atoms with Crippen molar-refractivity contribution in [2.45, 2.75) is 50.5 Å². The number of aromatic amines is 1. The van der Waals surface area contributed by atoms with Gasteiger partial charge >= 0.3 is 0 Å². The first kappa shape index (κ1) is 13.6. The Bertz CT molecular complexity index is 437. The maximum absolute atomic E-state index is 12.6. The number of nitrogens with two attached hydrogens (primary N) is 1. The molecule has 1 saturated heterocycles. The molecule has 1 aromatic rings. The van der Waals surface area contributed by atoms with Gasteiger partial charge in [-0.2, -0.15) is 5.10 Å². The van der Waals surface area contributed by atoms with Crippen LogP contribution in [0, 0.1) is 5.92 Å². The Kier molecular flexibility index (Phi) is 4.05. The molecule has 2 aliphatic rings. The van der Waals surface area contributed by atoms with E-state index in [9.17, 15) is 4.79 Å². The number of hydrogen-bond acceptors (Lipinski definition) is 3. The highest BCUT2D eigenvalue weighted by molar-refractivity contribution is 5.79. The third-order valence-electron chi connectivity index (χ3n) is 4.82. The first-order valence-corrected chi connectivity index (χ1v) is 7.77. The van der Waals surface area contributed by atoms with Crippen molar-refractivity contribution < 1.29 is 4.79 Å². The van der Waals surface area contributed by atoms with Crippen molar-refractivity contribution in [3.8, 4) is 0 Å². The molecule has 5 heteroatoms. The maximum Gasteiger partial charge on any atom is 0.225 e. The third-order valence-corrected chi connectivity index (χ3v) is 4.82. The van der Waals surface area contributed by atoms with Crippen molar-refractivity contribution in [1.29, 1.82) is 0 Å². The normalized spacial score (nSPS) is 31.2. The SMILES string of the molecule is NC1CCC(C(=O)N2CCCC(c3ccn[nH]3)C2)CC1. The summed E-state index contributed by atoms with van der Waals surface area (Å²) in [6, 6.07) is 2.33. The highest BCUT2D eigenvalue weighted by Crippen LogP contribution is 2.29. The molecule has 1 saturated carbocycles. The summed E-state index contributed by atoms with van der Waals surface area (Å²) in [6.07, 6.45) is 7.93. The minimum absolute atomic E-state index is 0.204. The van der Waals surface area contributed by atoms with Crippen molar-refractivity contribution in [3.63, 3.8) is 0 Å². The van der Waals surface area contributed by atoms with Crippen molar-refractivity contribution in [3.05, 3.63) is 18.0 Å². The quantitative estimate of drug-likeness (QED) is 0.862. The van der Waals surface area contributed by atoms with E-state index in [4.69, 9.17) is 5.73 Å². The Morgan fingerprint density at radius 3 is 2.80 bits per heavy atom. The largest absolute Gasteiger partial charge is 0.342 e. The van der Waals surface area contributed by atoms with Crippen molar-refractivity contribution in [2.75, 3.05) is 13.1 Å². The monoisotopic (exact) mass is 276 g/mol. The molecule has 1 amide bonds. The number of piperidine rings is 1. The average Bonchev–Trinajstić information content (AvgIpc) is 3.02. The maximum atomic E-state index is 12.6. The number of nitrogens with one attached hydrogen (secondary N) is 1. The number of amides is 1. The molecule has 1 aromatic heterocycles. The number of rotatable bonds is 2. The Balaban J connectivity index is 1.60. The van der Waals surface area contributed by atoms with Gasteiger partial charge < -0.3 is 10.6 Å². The van der Waals surface area contributed by atoms with E-state index in [-0.39, 0.29) is 5.92 Å². The van der Waals surface area contributed by atoms with Gasteiger partial charge in [0.05, 0.1) is 0 Å². The first-order valence-electron chi connectivity index (χ1n) is 7.77. The van der Waals surface area contributed by atoms with Crippen molar-refractivity contribution >= 4 is 5.91 Å². The van der Waals surface area contributed by atoms with Gasteiger partial charge in [-0.1, -0.05) is 0 Å². The molecule has 1 aliphatic carbocycles. The summed E-state index contributed by atoms with van der Waals surface area (Å²) >= 11 is 0. The zero-order valence-corrected chi connectivity index (χ0v) is 11.9. The fourth-order valence-corrected chi connectivity index (χ4v) is 3.55. The van der Waals surface area contributed by atoms with Gasteiger partial charge in [0.2, 0.25) is 5.91 Å². The van der Waals surface area contributed by atoms with Crippen LogP contribution in [0.3, 0.4) is 0 Å². The van der Waals surface area contributed by atoms with Gasteiger partial charge in [-0.3, -0.25) is 9.89 Å². The van der Waals surface area contributed by atoms with E-state index in [1.165, 1.54) is 0 Å². The van der Waals surface area contributed by atoms with Gasteiger partial charge in [0.25, 0.3) is 0 Å². The van der Waals surface area contributed by atoms with Crippen molar-refractivity contribution in [2.24, 2.45) is 11.7 Å². The number of aromatic nitrogens is 2. The van der Waals surface area contributed by atoms with Crippen LogP contribution in [0.1, 0.15) is 50.1 Å². The number of carbonyl (C=O) groups excluding carboxylic acids is 1. The average molecular weight is 276 g/mol. The van der Waals surface area contributed by atoms with E-state index in [0.29, 0.717) is 17.9 Å². The molecule has 0 aromatic carbocycles. The summed E-state index contributed by atoms with van der Waals surface area (Å²) in [5.74, 6) is 0.970. The second kappa shape index (κ2) is 5.95. The lowest BCUT2D eigenvalue weighted by Gasteiger charge is -2.36. The topological polar surface area (TPSA) is 75.0 Å². The van der Waals surface area contributed by atoms with Crippen LogP contribution in [0.25, 0.3) is 0 Å². The van der Waals surface area contributed by atoms with E-state index in [0.717, 1.165) is 57.3 Å². The highest BCUT2D eigenvalue weighted by Gasteiger charge is 2.31. The van der Waals surface area contributed by atoms with Crippen LogP contribution in [0.5, 0.6) is 0 Å². The molecule has 0 bridgehead atoms. The lowest BCUT2D eigenvalue weighted by atomic mass is 9.84.